The summed E-state index contributed by atoms with van der Waals surface area (Å²) in [7, 11) is 0. The summed E-state index contributed by atoms with van der Waals surface area (Å²) in [4.78, 5) is 21.7. The minimum atomic E-state index is -0.0707. The Kier molecular flexibility index (Phi) is 2.50. The zero-order chi connectivity index (χ0) is 16.6. The molecule has 2 bridgehead atoms. The lowest BCUT2D eigenvalue weighted by Gasteiger charge is -2.35. The fraction of sp³-hybridized carbons (Fsp3) is 0.350. The van der Waals surface area contributed by atoms with Crippen molar-refractivity contribution in [3.05, 3.63) is 57.3 Å². The van der Waals surface area contributed by atoms with Gasteiger partial charge in [0.2, 0.25) is 0 Å². The zero-order valence-corrected chi connectivity index (χ0v) is 14.1. The van der Waals surface area contributed by atoms with Crippen molar-refractivity contribution in [3.63, 3.8) is 0 Å². The van der Waals surface area contributed by atoms with Crippen molar-refractivity contribution >= 4 is 22.6 Å². The summed E-state index contributed by atoms with van der Waals surface area (Å²) in [5.41, 5.74) is 6.08. The predicted octanol–water partition coefficient (Wildman–Crippen LogP) is 3.81. The standard InChI is InChI=1S/C20H19N3O/c1-20(2,3)14-10-23-15-9-11-7-12(8-11)16(15)19(24)22-18(23)13-5-4-6-21-17(13)14/h4-6,9-10,12H,7-8H2,1-3H3. The van der Waals surface area contributed by atoms with E-state index in [1.165, 1.54) is 11.1 Å². The smallest absolute Gasteiger partial charge is 0.277 e. The number of hydrogen-bond acceptors (Lipinski definition) is 3. The summed E-state index contributed by atoms with van der Waals surface area (Å²) >= 11 is 0. The molecule has 3 aliphatic carbocycles. The van der Waals surface area contributed by atoms with Crippen molar-refractivity contribution in [1.29, 1.82) is 0 Å². The normalized spacial score (nSPS) is 16.9. The Balaban J connectivity index is 2.02. The number of rotatable bonds is 0. The van der Waals surface area contributed by atoms with Crippen molar-refractivity contribution in [2.75, 3.05) is 0 Å². The summed E-state index contributed by atoms with van der Waals surface area (Å²) in [5, 5.41) is 0.947. The molecule has 4 nitrogen and oxygen atoms in total. The van der Waals surface area contributed by atoms with Gasteiger partial charge in [0.15, 0.2) is 5.65 Å². The number of allylic oxidation sites excluding steroid dienone is 1. The molecule has 3 aliphatic rings. The van der Waals surface area contributed by atoms with Gasteiger partial charge in [0.25, 0.3) is 5.56 Å². The van der Waals surface area contributed by atoms with Crippen molar-refractivity contribution in [2.45, 2.75) is 44.9 Å². The molecule has 24 heavy (non-hydrogen) atoms. The van der Waals surface area contributed by atoms with E-state index in [0.29, 0.717) is 11.6 Å². The average molecular weight is 317 g/mol. The van der Waals surface area contributed by atoms with Gasteiger partial charge in [-0.1, -0.05) is 26.3 Å². The van der Waals surface area contributed by atoms with Gasteiger partial charge in [-0.15, -0.1) is 0 Å². The minimum absolute atomic E-state index is 0.0401. The molecule has 6 rings (SSSR count). The van der Waals surface area contributed by atoms with E-state index >= 15 is 0 Å². The highest BCUT2D eigenvalue weighted by atomic mass is 16.1. The van der Waals surface area contributed by atoms with Crippen LogP contribution >= 0.6 is 0 Å². The second-order valence-electron chi connectivity index (χ2n) is 8.01. The maximum absolute atomic E-state index is 12.7. The van der Waals surface area contributed by atoms with Crippen molar-refractivity contribution < 1.29 is 0 Å². The molecule has 1 saturated carbocycles. The average Bonchev–Trinajstić information content (AvgIpc) is 2.52. The molecule has 0 aliphatic heterocycles. The quantitative estimate of drug-likeness (QED) is 0.592. The number of nitrogens with zero attached hydrogens (tertiary/aromatic N) is 3. The van der Waals surface area contributed by atoms with Crippen LogP contribution in [0, 0.1) is 0 Å². The Hall–Kier alpha value is -2.49. The van der Waals surface area contributed by atoms with E-state index in [0.717, 1.165) is 35.0 Å². The lowest BCUT2D eigenvalue weighted by atomic mass is 9.71. The van der Waals surface area contributed by atoms with Gasteiger partial charge in [0, 0.05) is 28.9 Å². The largest absolute Gasteiger partial charge is 0.300 e. The van der Waals surface area contributed by atoms with Gasteiger partial charge in [-0.3, -0.25) is 9.78 Å². The third-order valence-corrected chi connectivity index (χ3v) is 5.34. The molecule has 0 unspecified atom stereocenters. The first-order valence-electron chi connectivity index (χ1n) is 8.47. The first kappa shape index (κ1) is 13.9. The first-order valence-corrected chi connectivity index (χ1v) is 8.47. The Bertz CT molecular complexity index is 1110. The van der Waals surface area contributed by atoms with Gasteiger partial charge < -0.3 is 4.40 Å². The van der Waals surface area contributed by atoms with E-state index in [4.69, 9.17) is 0 Å². The third kappa shape index (κ3) is 1.71. The molecule has 120 valence electrons. The number of hydrogen-bond donors (Lipinski definition) is 0. The maximum atomic E-state index is 12.7. The van der Waals surface area contributed by atoms with E-state index in [2.05, 4.69) is 47.4 Å². The summed E-state index contributed by atoms with van der Waals surface area (Å²) in [6.07, 6.45) is 8.19. The Morgan fingerprint density at radius 1 is 1.25 bits per heavy atom. The van der Waals surface area contributed by atoms with E-state index in [9.17, 15) is 4.79 Å². The molecule has 0 atom stereocenters. The van der Waals surface area contributed by atoms with Gasteiger partial charge in [0.05, 0.1) is 11.2 Å². The molecule has 0 spiro atoms. The minimum Gasteiger partial charge on any atom is -0.300 e. The van der Waals surface area contributed by atoms with Gasteiger partial charge in [0.1, 0.15) is 0 Å². The topological polar surface area (TPSA) is 47.3 Å². The van der Waals surface area contributed by atoms with Crippen molar-refractivity contribution in [1.82, 2.24) is 14.4 Å². The van der Waals surface area contributed by atoms with Crippen LogP contribution in [-0.2, 0) is 5.41 Å². The highest BCUT2D eigenvalue weighted by Gasteiger charge is 2.35. The van der Waals surface area contributed by atoms with E-state index < -0.39 is 0 Å². The van der Waals surface area contributed by atoms with Crippen LogP contribution in [0.5, 0.6) is 0 Å². The molecule has 0 N–H and O–H groups in total. The number of pyridine rings is 2. The Labute approximate surface area is 139 Å². The van der Waals surface area contributed by atoms with E-state index in [1.807, 2.05) is 18.3 Å². The molecule has 0 saturated heterocycles. The lowest BCUT2D eigenvalue weighted by molar-refractivity contribution is 0.532. The van der Waals surface area contributed by atoms with Crippen LogP contribution in [0.2, 0.25) is 0 Å². The van der Waals surface area contributed by atoms with E-state index in [-0.39, 0.29) is 11.0 Å². The predicted molar refractivity (Wildman–Crippen MR) is 95.4 cm³/mol. The molecule has 3 aromatic rings. The molecular formula is C20H19N3O. The van der Waals surface area contributed by atoms with E-state index in [1.54, 1.807) is 0 Å². The van der Waals surface area contributed by atoms with Crippen LogP contribution in [0.15, 0.2) is 34.9 Å². The second kappa shape index (κ2) is 4.32. The van der Waals surface area contributed by atoms with Crippen molar-refractivity contribution in [3.8, 4) is 0 Å². The SMILES string of the molecule is CC(C)(C)c1cn2c3c(c(=O)nc2c2cccnc12)C1CC(=C3)C1. The molecule has 3 heterocycles. The molecule has 0 amide bonds. The highest BCUT2D eigenvalue weighted by Crippen LogP contribution is 2.47. The highest BCUT2D eigenvalue weighted by molar-refractivity contribution is 5.94. The summed E-state index contributed by atoms with van der Waals surface area (Å²) < 4.78 is 2.12. The number of aromatic nitrogens is 3. The zero-order valence-electron chi connectivity index (χ0n) is 14.1. The van der Waals surface area contributed by atoms with Crippen molar-refractivity contribution in [2.24, 2.45) is 0 Å². The lowest BCUT2D eigenvalue weighted by Crippen LogP contribution is -2.30. The van der Waals surface area contributed by atoms with Gasteiger partial charge in [-0.25, -0.2) is 0 Å². The fourth-order valence-corrected chi connectivity index (χ4v) is 4.04. The van der Waals surface area contributed by atoms with Gasteiger partial charge >= 0.3 is 0 Å². The maximum Gasteiger partial charge on any atom is 0.277 e. The van der Waals surface area contributed by atoms with Crippen LogP contribution in [0.1, 0.15) is 56.4 Å². The van der Waals surface area contributed by atoms with Crippen LogP contribution in [-0.4, -0.2) is 14.4 Å². The summed E-state index contributed by atoms with van der Waals surface area (Å²) in [5.74, 6) is 0.361. The van der Waals surface area contributed by atoms with Gasteiger partial charge in [-0.2, -0.15) is 4.98 Å². The van der Waals surface area contributed by atoms with Crippen LogP contribution in [0.3, 0.4) is 0 Å². The Morgan fingerprint density at radius 3 is 2.79 bits per heavy atom. The van der Waals surface area contributed by atoms with Crippen LogP contribution in [0.4, 0.5) is 0 Å². The van der Waals surface area contributed by atoms with Gasteiger partial charge in [-0.05, 0) is 42.4 Å². The first-order chi connectivity index (χ1) is 11.4. The molecule has 0 aromatic carbocycles. The second-order valence-corrected chi connectivity index (χ2v) is 8.01. The molecule has 0 radical (unpaired) electrons. The molecular weight excluding hydrogens is 298 g/mol. The van der Waals surface area contributed by atoms with Crippen LogP contribution < -0.4 is 5.56 Å². The third-order valence-electron chi connectivity index (χ3n) is 5.34. The Morgan fingerprint density at radius 2 is 2.04 bits per heavy atom. The summed E-state index contributed by atoms with van der Waals surface area (Å²) in [6.45, 7) is 6.59. The monoisotopic (exact) mass is 317 g/mol. The molecule has 1 fully saturated rings. The molecule has 4 heteroatoms. The number of fused-ring (bicyclic) bond motifs is 3. The fourth-order valence-electron chi connectivity index (χ4n) is 4.04. The summed E-state index contributed by atoms with van der Waals surface area (Å²) in [6, 6.07) is 3.93. The molecule has 3 aromatic heterocycles. The van der Waals surface area contributed by atoms with Crippen LogP contribution in [0.25, 0.3) is 22.6 Å².